The van der Waals surface area contributed by atoms with Crippen LogP contribution in [0.3, 0.4) is 0 Å². The standard InChI is InChI=1S/C22H21NO4/c1-3-27-22(26)20(15(2)24)19-14-13-16-9-7-8-12-18(16)23(19)21(25)17-10-5-4-6-11-17/h4-14,19-20H,3H2,1-2H3. The minimum absolute atomic E-state index is 0.169. The second-order valence-corrected chi connectivity index (χ2v) is 6.29. The summed E-state index contributed by atoms with van der Waals surface area (Å²) in [6.07, 6.45) is 3.57. The van der Waals surface area contributed by atoms with E-state index in [1.54, 1.807) is 37.3 Å². The fraction of sp³-hybridized carbons (Fsp3) is 0.227. The van der Waals surface area contributed by atoms with Gasteiger partial charge in [0, 0.05) is 5.56 Å². The van der Waals surface area contributed by atoms with Crippen molar-refractivity contribution >= 4 is 29.4 Å². The second-order valence-electron chi connectivity index (χ2n) is 6.29. The molecule has 0 spiro atoms. The average molecular weight is 363 g/mol. The number of rotatable bonds is 5. The SMILES string of the molecule is CCOC(=O)C(C(C)=O)C1C=Cc2ccccc2N1C(=O)c1ccccc1. The molecule has 0 aromatic heterocycles. The first-order valence-electron chi connectivity index (χ1n) is 8.87. The Hall–Kier alpha value is -3.21. The van der Waals surface area contributed by atoms with Gasteiger partial charge in [-0.25, -0.2) is 0 Å². The molecule has 2 unspecified atom stereocenters. The van der Waals surface area contributed by atoms with Crippen LogP contribution in [-0.4, -0.2) is 30.3 Å². The van der Waals surface area contributed by atoms with Gasteiger partial charge in [-0.1, -0.05) is 48.6 Å². The van der Waals surface area contributed by atoms with Crippen LogP contribution < -0.4 is 4.90 Å². The van der Waals surface area contributed by atoms with Crippen molar-refractivity contribution in [2.24, 2.45) is 5.92 Å². The molecule has 0 N–H and O–H groups in total. The van der Waals surface area contributed by atoms with Gasteiger partial charge < -0.3 is 4.74 Å². The third kappa shape index (κ3) is 3.67. The van der Waals surface area contributed by atoms with Crippen LogP contribution in [0, 0.1) is 5.92 Å². The van der Waals surface area contributed by atoms with Crippen LogP contribution in [0.5, 0.6) is 0 Å². The minimum atomic E-state index is -1.08. The molecular formula is C22H21NO4. The topological polar surface area (TPSA) is 63.7 Å². The highest BCUT2D eigenvalue weighted by atomic mass is 16.5. The highest BCUT2D eigenvalue weighted by molar-refractivity contribution is 6.10. The first-order chi connectivity index (χ1) is 13.0. The molecule has 1 amide bonds. The van der Waals surface area contributed by atoms with Crippen LogP contribution in [0.4, 0.5) is 5.69 Å². The number of ether oxygens (including phenoxy) is 1. The van der Waals surface area contributed by atoms with E-state index in [1.807, 2.05) is 36.4 Å². The third-order valence-corrected chi connectivity index (χ3v) is 4.53. The number of carbonyl (C=O) groups is 3. The molecule has 0 bridgehead atoms. The Kier molecular flexibility index (Phi) is 5.50. The molecule has 0 saturated carbocycles. The van der Waals surface area contributed by atoms with Crippen molar-refractivity contribution in [2.75, 3.05) is 11.5 Å². The fourth-order valence-electron chi connectivity index (χ4n) is 3.30. The first-order valence-corrected chi connectivity index (χ1v) is 8.87. The Balaban J connectivity index is 2.10. The Morgan fingerprint density at radius 2 is 1.70 bits per heavy atom. The number of Topliss-reactive ketones (excluding diaryl/α,β-unsaturated/α-hetero) is 1. The molecule has 1 aliphatic rings. The number of hydrogen-bond acceptors (Lipinski definition) is 4. The summed E-state index contributed by atoms with van der Waals surface area (Å²) in [5.41, 5.74) is 2.00. The van der Waals surface area contributed by atoms with E-state index in [0.29, 0.717) is 11.3 Å². The van der Waals surface area contributed by atoms with Crippen molar-refractivity contribution in [3.8, 4) is 0 Å². The van der Waals surface area contributed by atoms with Gasteiger partial charge in [0.1, 0.15) is 11.7 Å². The molecule has 2 aromatic rings. The zero-order valence-corrected chi connectivity index (χ0v) is 15.3. The van der Waals surface area contributed by atoms with E-state index in [9.17, 15) is 14.4 Å². The smallest absolute Gasteiger partial charge is 0.318 e. The number of ketones is 1. The molecule has 27 heavy (non-hydrogen) atoms. The molecule has 2 aromatic carbocycles. The maximum absolute atomic E-state index is 13.3. The number of fused-ring (bicyclic) bond motifs is 1. The van der Waals surface area contributed by atoms with Crippen molar-refractivity contribution in [1.29, 1.82) is 0 Å². The van der Waals surface area contributed by atoms with E-state index in [0.717, 1.165) is 5.56 Å². The lowest BCUT2D eigenvalue weighted by atomic mass is 9.89. The van der Waals surface area contributed by atoms with E-state index in [2.05, 4.69) is 0 Å². The van der Waals surface area contributed by atoms with E-state index < -0.39 is 17.9 Å². The zero-order valence-electron chi connectivity index (χ0n) is 15.3. The molecular weight excluding hydrogens is 342 g/mol. The number of amides is 1. The van der Waals surface area contributed by atoms with Crippen molar-refractivity contribution in [3.63, 3.8) is 0 Å². The maximum atomic E-state index is 13.3. The quantitative estimate of drug-likeness (QED) is 0.602. The number of benzene rings is 2. The summed E-state index contributed by atoms with van der Waals surface area (Å²) in [5.74, 6) is -2.31. The lowest BCUT2D eigenvalue weighted by Gasteiger charge is -2.36. The number of para-hydroxylation sites is 1. The molecule has 3 rings (SSSR count). The van der Waals surface area contributed by atoms with Gasteiger partial charge in [0.25, 0.3) is 5.91 Å². The second kappa shape index (κ2) is 7.99. The Bertz CT molecular complexity index is 888. The Morgan fingerprint density at radius 1 is 1.04 bits per heavy atom. The van der Waals surface area contributed by atoms with E-state index >= 15 is 0 Å². The predicted molar refractivity (Wildman–Crippen MR) is 103 cm³/mol. The molecule has 0 fully saturated rings. The highest BCUT2D eigenvalue weighted by Crippen LogP contribution is 2.33. The van der Waals surface area contributed by atoms with Gasteiger partial charge in [-0.15, -0.1) is 0 Å². The number of esters is 1. The van der Waals surface area contributed by atoms with Gasteiger partial charge in [-0.3, -0.25) is 19.3 Å². The molecule has 5 nitrogen and oxygen atoms in total. The van der Waals surface area contributed by atoms with Crippen molar-refractivity contribution < 1.29 is 19.1 Å². The molecule has 5 heteroatoms. The zero-order chi connectivity index (χ0) is 19.4. The maximum Gasteiger partial charge on any atom is 0.318 e. The summed E-state index contributed by atoms with van der Waals surface area (Å²) in [5, 5.41) is 0. The molecule has 2 atom stereocenters. The largest absolute Gasteiger partial charge is 0.465 e. The monoisotopic (exact) mass is 363 g/mol. The van der Waals surface area contributed by atoms with Crippen LogP contribution in [0.2, 0.25) is 0 Å². The molecule has 1 aliphatic heterocycles. The van der Waals surface area contributed by atoms with Crippen molar-refractivity contribution in [1.82, 2.24) is 0 Å². The number of hydrogen-bond donors (Lipinski definition) is 0. The molecule has 0 saturated heterocycles. The molecule has 1 heterocycles. The van der Waals surface area contributed by atoms with E-state index in [4.69, 9.17) is 4.74 Å². The third-order valence-electron chi connectivity index (χ3n) is 4.53. The normalized spacial score (nSPS) is 16.4. The minimum Gasteiger partial charge on any atom is -0.465 e. The molecule has 138 valence electrons. The lowest BCUT2D eigenvalue weighted by Crippen LogP contribution is -2.50. The Morgan fingerprint density at radius 3 is 2.37 bits per heavy atom. The Labute approximate surface area is 158 Å². The van der Waals surface area contributed by atoms with Crippen LogP contribution in [0.25, 0.3) is 6.08 Å². The van der Waals surface area contributed by atoms with Crippen molar-refractivity contribution in [3.05, 3.63) is 71.8 Å². The summed E-state index contributed by atoms with van der Waals surface area (Å²) in [6, 6.07) is 15.5. The van der Waals surface area contributed by atoms with E-state index in [1.165, 1.54) is 11.8 Å². The summed E-state index contributed by atoms with van der Waals surface area (Å²) in [7, 11) is 0. The number of nitrogens with zero attached hydrogens (tertiary/aromatic N) is 1. The summed E-state index contributed by atoms with van der Waals surface area (Å²) in [4.78, 5) is 39.6. The molecule has 0 aliphatic carbocycles. The van der Waals surface area contributed by atoms with Gasteiger partial charge in [-0.2, -0.15) is 0 Å². The van der Waals surface area contributed by atoms with Crippen LogP contribution in [-0.2, 0) is 14.3 Å². The number of carbonyl (C=O) groups excluding carboxylic acids is 3. The van der Waals surface area contributed by atoms with Crippen LogP contribution >= 0.6 is 0 Å². The summed E-state index contributed by atoms with van der Waals surface area (Å²) >= 11 is 0. The predicted octanol–water partition coefficient (Wildman–Crippen LogP) is 3.50. The number of anilines is 1. The van der Waals surface area contributed by atoms with Gasteiger partial charge in [0.15, 0.2) is 0 Å². The van der Waals surface area contributed by atoms with Gasteiger partial charge in [-0.05, 0) is 37.6 Å². The first kappa shape index (κ1) is 18.6. The highest BCUT2D eigenvalue weighted by Gasteiger charge is 2.40. The van der Waals surface area contributed by atoms with Gasteiger partial charge >= 0.3 is 5.97 Å². The van der Waals surface area contributed by atoms with E-state index in [-0.39, 0.29) is 18.3 Å². The molecule has 0 radical (unpaired) electrons. The summed E-state index contributed by atoms with van der Waals surface area (Å²) < 4.78 is 5.11. The van der Waals surface area contributed by atoms with Gasteiger partial charge in [0.05, 0.1) is 18.3 Å². The van der Waals surface area contributed by atoms with Crippen molar-refractivity contribution in [2.45, 2.75) is 19.9 Å². The summed E-state index contributed by atoms with van der Waals surface area (Å²) in [6.45, 7) is 3.21. The lowest BCUT2D eigenvalue weighted by molar-refractivity contribution is -0.151. The van der Waals surface area contributed by atoms with Crippen LogP contribution in [0.15, 0.2) is 60.7 Å². The average Bonchev–Trinajstić information content (AvgIpc) is 2.68. The van der Waals surface area contributed by atoms with Gasteiger partial charge in [0.2, 0.25) is 0 Å². The van der Waals surface area contributed by atoms with Crippen LogP contribution in [0.1, 0.15) is 29.8 Å². The fourth-order valence-corrected chi connectivity index (χ4v) is 3.30.